The molecule has 8 heteroatoms. The SMILES string of the molecule is CC(C)n1nnnc1COc1ccc(C(=O)Nc2ccc(Br)cc2)cc1. The molecule has 1 aromatic heterocycles. The summed E-state index contributed by atoms with van der Waals surface area (Å²) in [5, 5.41) is 14.4. The van der Waals surface area contributed by atoms with Gasteiger partial charge >= 0.3 is 0 Å². The molecule has 0 saturated heterocycles. The maximum Gasteiger partial charge on any atom is 0.255 e. The van der Waals surface area contributed by atoms with E-state index < -0.39 is 0 Å². The molecule has 0 atom stereocenters. The molecule has 0 unspecified atom stereocenters. The van der Waals surface area contributed by atoms with Crippen LogP contribution in [0.4, 0.5) is 5.69 Å². The number of anilines is 1. The molecule has 3 rings (SSSR count). The van der Waals surface area contributed by atoms with E-state index >= 15 is 0 Å². The van der Waals surface area contributed by atoms with Crippen LogP contribution in [0.1, 0.15) is 36.1 Å². The van der Waals surface area contributed by atoms with Gasteiger partial charge in [0.2, 0.25) is 0 Å². The fourth-order valence-corrected chi connectivity index (χ4v) is 2.56. The van der Waals surface area contributed by atoms with Crippen LogP contribution >= 0.6 is 15.9 Å². The number of rotatable bonds is 6. The van der Waals surface area contributed by atoms with Crippen molar-refractivity contribution in [3.8, 4) is 5.75 Å². The zero-order valence-electron chi connectivity index (χ0n) is 14.4. The van der Waals surface area contributed by atoms with Crippen LogP contribution in [0.2, 0.25) is 0 Å². The normalized spacial score (nSPS) is 10.8. The first kappa shape index (κ1) is 18.1. The van der Waals surface area contributed by atoms with Gasteiger partial charge in [-0.25, -0.2) is 4.68 Å². The zero-order chi connectivity index (χ0) is 18.5. The molecule has 0 aliphatic heterocycles. The van der Waals surface area contributed by atoms with Gasteiger partial charge < -0.3 is 10.1 Å². The highest BCUT2D eigenvalue weighted by Gasteiger charge is 2.10. The fourth-order valence-electron chi connectivity index (χ4n) is 2.30. The average molecular weight is 416 g/mol. The van der Waals surface area contributed by atoms with Crippen LogP contribution in [0.15, 0.2) is 53.0 Å². The predicted molar refractivity (Wildman–Crippen MR) is 101 cm³/mol. The molecule has 0 aliphatic rings. The first-order chi connectivity index (χ1) is 12.5. The summed E-state index contributed by atoms with van der Waals surface area (Å²) in [5.41, 5.74) is 1.28. The summed E-state index contributed by atoms with van der Waals surface area (Å²) in [6, 6.07) is 14.5. The maximum absolute atomic E-state index is 12.3. The van der Waals surface area contributed by atoms with Crippen molar-refractivity contribution in [2.45, 2.75) is 26.5 Å². The number of nitrogens with one attached hydrogen (secondary N) is 1. The Kier molecular flexibility index (Phi) is 5.62. The number of aromatic nitrogens is 4. The number of amides is 1. The minimum absolute atomic E-state index is 0.160. The number of benzene rings is 2. The number of hydrogen-bond acceptors (Lipinski definition) is 5. The van der Waals surface area contributed by atoms with Gasteiger partial charge in [-0.2, -0.15) is 0 Å². The number of tetrazole rings is 1. The van der Waals surface area contributed by atoms with Crippen LogP contribution in [0, 0.1) is 0 Å². The van der Waals surface area contributed by atoms with Crippen LogP contribution in [0.3, 0.4) is 0 Å². The van der Waals surface area contributed by atoms with E-state index in [1.54, 1.807) is 28.9 Å². The molecule has 1 N–H and O–H groups in total. The third-order valence-electron chi connectivity index (χ3n) is 3.64. The average Bonchev–Trinajstić information content (AvgIpc) is 3.11. The van der Waals surface area contributed by atoms with Gasteiger partial charge in [-0.15, -0.1) is 5.10 Å². The molecule has 134 valence electrons. The molecule has 3 aromatic rings. The van der Waals surface area contributed by atoms with Crippen molar-refractivity contribution < 1.29 is 9.53 Å². The summed E-state index contributed by atoms with van der Waals surface area (Å²) < 4.78 is 8.37. The van der Waals surface area contributed by atoms with Crippen molar-refractivity contribution in [2.24, 2.45) is 0 Å². The van der Waals surface area contributed by atoms with Crippen molar-refractivity contribution in [1.82, 2.24) is 20.2 Å². The molecular formula is C18H18BrN5O2. The lowest BCUT2D eigenvalue weighted by Gasteiger charge is -2.10. The van der Waals surface area contributed by atoms with Gasteiger partial charge in [0.05, 0.1) is 6.04 Å². The van der Waals surface area contributed by atoms with E-state index in [9.17, 15) is 4.79 Å². The second-order valence-electron chi connectivity index (χ2n) is 5.91. The number of carbonyl (C=O) groups is 1. The standard InChI is InChI=1S/C18H18BrN5O2/c1-12(2)24-17(21-22-23-24)11-26-16-9-3-13(4-10-16)18(25)20-15-7-5-14(19)6-8-15/h3-10,12H,11H2,1-2H3,(H,20,25). The molecule has 1 amide bonds. The van der Waals surface area contributed by atoms with Gasteiger partial charge in [0.25, 0.3) is 5.91 Å². The van der Waals surface area contributed by atoms with Crippen LogP contribution < -0.4 is 10.1 Å². The highest BCUT2D eigenvalue weighted by molar-refractivity contribution is 9.10. The predicted octanol–water partition coefficient (Wildman–Crippen LogP) is 3.85. The van der Waals surface area contributed by atoms with Crippen molar-refractivity contribution in [3.63, 3.8) is 0 Å². The summed E-state index contributed by atoms with van der Waals surface area (Å²) in [4.78, 5) is 12.3. The Balaban J connectivity index is 1.60. The second-order valence-corrected chi connectivity index (χ2v) is 6.82. The number of nitrogens with zero attached hydrogens (tertiary/aromatic N) is 4. The van der Waals surface area contributed by atoms with Crippen LogP contribution in [0.25, 0.3) is 0 Å². The van der Waals surface area contributed by atoms with Crippen molar-refractivity contribution in [1.29, 1.82) is 0 Å². The first-order valence-electron chi connectivity index (χ1n) is 8.09. The molecule has 0 fully saturated rings. The summed E-state index contributed by atoms with van der Waals surface area (Å²) >= 11 is 3.37. The minimum Gasteiger partial charge on any atom is -0.486 e. The summed E-state index contributed by atoms with van der Waals surface area (Å²) in [6.45, 7) is 4.26. The Morgan fingerprint density at radius 1 is 1.15 bits per heavy atom. The number of hydrogen-bond donors (Lipinski definition) is 1. The van der Waals surface area contributed by atoms with E-state index in [1.165, 1.54) is 0 Å². The molecule has 1 heterocycles. The summed E-state index contributed by atoms with van der Waals surface area (Å²) in [7, 11) is 0. The Hall–Kier alpha value is -2.74. The monoisotopic (exact) mass is 415 g/mol. The van der Waals surface area contributed by atoms with Crippen molar-refractivity contribution >= 4 is 27.5 Å². The Morgan fingerprint density at radius 3 is 2.50 bits per heavy atom. The van der Waals surface area contributed by atoms with Crippen LogP contribution in [-0.4, -0.2) is 26.1 Å². The van der Waals surface area contributed by atoms with Gasteiger partial charge in [-0.3, -0.25) is 4.79 Å². The van der Waals surface area contributed by atoms with Gasteiger partial charge in [0.1, 0.15) is 12.4 Å². The highest BCUT2D eigenvalue weighted by atomic mass is 79.9. The molecule has 0 bridgehead atoms. The lowest BCUT2D eigenvalue weighted by Crippen LogP contribution is -2.12. The highest BCUT2D eigenvalue weighted by Crippen LogP contribution is 2.17. The van der Waals surface area contributed by atoms with E-state index in [0.717, 1.165) is 10.2 Å². The quantitative estimate of drug-likeness (QED) is 0.660. The minimum atomic E-state index is -0.178. The van der Waals surface area contributed by atoms with Gasteiger partial charge in [-0.1, -0.05) is 15.9 Å². The fraction of sp³-hybridized carbons (Fsp3) is 0.222. The molecule has 0 spiro atoms. The van der Waals surface area contributed by atoms with Crippen molar-refractivity contribution in [3.05, 3.63) is 64.4 Å². The van der Waals surface area contributed by atoms with Crippen LogP contribution in [0.5, 0.6) is 5.75 Å². The summed E-state index contributed by atoms with van der Waals surface area (Å²) in [5.74, 6) is 1.11. The summed E-state index contributed by atoms with van der Waals surface area (Å²) in [6.07, 6.45) is 0. The topological polar surface area (TPSA) is 81.9 Å². The lowest BCUT2D eigenvalue weighted by molar-refractivity contribution is 0.102. The third kappa shape index (κ3) is 4.45. The molecule has 7 nitrogen and oxygen atoms in total. The van der Waals surface area contributed by atoms with Crippen molar-refractivity contribution in [2.75, 3.05) is 5.32 Å². The molecule has 26 heavy (non-hydrogen) atoms. The molecule has 0 radical (unpaired) electrons. The zero-order valence-corrected chi connectivity index (χ0v) is 16.0. The van der Waals surface area contributed by atoms with Gasteiger partial charge in [-0.05, 0) is 72.8 Å². The Morgan fingerprint density at radius 2 is 1.85 bits per heavy atom. The van der Waals surface area contributed by atoms with E-state index in [4.69, 9.17) is 4.74 Å². The van der Waals surface area contributed by atoms with Gasteiger partial charge in [0.15, 0.2) is 5.82 Å². The van der Waals surface area contributed by atoms with E-state index in [2.05, 4.69) is 36.8 Å². The maximum atomic E-state index is 12.3. The lowest BCUT2D eigenvalue weighted by atomic mass is 10.2. The molecule has 0 saturated carbocycles. The second kappa shape index (κ2) is 8.09. The van der Waals surface area contributed by atoms with E-state index in [0.29, 0.717) is 17.1 Å². The van der Waals surface area contributed by atoms with E-state index in [-0.39, 0.29) is 18.6 Å². The molecular weight excluding hydrogens is 398 g/mol. The Labute approximate surface area is 159 Å². The first-order valence-corrected chi connectivity index (χ1v) is 8.89. The largest absolute Gasteiger partial charge is 0.486 e. The Bertz CT molecular complexity index is 875. The number of carbonyl (C=O) groups excluding carboxylic acids is 1. The van der Waals surface area contributed by atoms with Crippen LogP contribution in [-0.2, 0) is 6.61 Å². The number of ether oxygens (including phenoxy) is 1. The third-order valence-corrected chi connectivity index (χ3v) is 4.17. The molecule has 0 aliphatic carbocycles. The number of halogens is 1. The smallest absolute Gasteiger partial charge is 0.255 e. The molecule has 2 aromatic carbocycles. The van der Waals surface area contributed by atoms with E-state index in [1.807, 2.05) is 38.1 Å². The van der Waals surface area contributed by atoms with Gasteiger partial charge in [0, 0.05) is 15.7 Å².